The van der Waals surface area contributed by atoms with Gasteiger partial charge in [-0.25, -0.2) is 0 Å². The van der Waals surface area contributed by atoms with Gasteiger partial charge in [0.25, 0.3) is 0 Å². The van der Waals surface area contributed by atoms with Gasteiger partial charge in [0.2, 0.25) is 0 Å². The van der Waals surface area contributed by atoms with E-state index in [2.05, 4.69) is 16.9 Å². The van der Waals surface area contributed by atoms with Gasteiger partial charge in [-0.05, 0) is 25.0 Å². The fraction of sp³-hybridized carbons (Fsp3) is 0.500. The van der Waals surface area contributed by atoms with E-state index in [9.17, 15) is 0 Å². The van der Waals surface area contributed by atoms with Gasteiger partial charge in [-0.3, -0.25) is 10.4 Å². The molecule has 0 bridgehead atoms. The Morgan fingerprint density at radius 2 is 2.24 bits per heavy atom. The topological polar surface area (TPSA) is 75.2 Å². The molecule has 1 aromatic heterocycles. The zero-order valence-corrected chi connectivity index (χ0v) is 10.0. The van der Waals surface area contributed by atoms with Crippen molar-refractivity contribution in [2.75, 3.05) is 25.2 Å². The number of aromatic nitrogens is 1. The molecule has 0 spiro atoms. The second kappa shape index (κ2) is 5.14. The second-order valence-corrected chi connectivity index (χ2v) is 4.27. The Balaban J connectivity index is 2.14. The van der Waals surface area contributed by atoms with Crippen molar-refractivity contribution in [3.8, 4) is 0 Å². The summed E-state index contributed by atoms with van der Waals surface area (Å²) in [5.74, 6) is 0.00669. The number of ether oxygens (including phenoxy) is 1. The number of nitrogens with one attached hydrogen (secondary N) is 1. The van der Waals surface area contributed by atoms with Crippen molar-refractivity contribution in [1.29, 1.82) is 5.41 Å². The maximum absolute atomic E-state index is 7.39. The maximum atomic E-state index is 7.39. The van der Waals surface area contributed by atoms with Gasteiger partial charge in [-0.15, -0.1) is 0 Å². The van der Waals surface area contributed by atoms with E-state index in [1.54, 1.807) is 6.20 Å². The monoisotopic (exact) mass is 234 g/mol. The average Bonchev–Trinajstić information content (AvgIpc) is 2.39. The minimum Gasteiger partial charge on any atom is -0.382 e. The van der Waals surface area contributed by atoms with Crippen LogP contribution in [0.2, 0.25) is 0 Å². The first-order chi connectivity index (χ1) is 8.18. The van der Waals surface area contributed by atoms with E-state index >= 15 is 0 Å². The molecule has 0 radical (unpaired) electrons. The molecule has 0 atom stereocenters. The van der Waals surface area contributed by atoms with Crippen LogP contribution in [0.1, 0.15) is 18.5 Å². The molecule has 1 aliphatic heterocycles. The summed E-state index contributed by atoms with van der Waals surface area (Å²) in [6.45, 7) is 1.64. The summed E-state index contributed by atoms with van der Waals surface area (Å²) in [4.78, 5) is 6.28. The van der Waals surface area contributed by atoms with Crippen molar-refractivity contribution in [3.05, 3.63) is 24.0 Å². The summed E-state index contributed by atoms with van der Waals surface area (Å²) < 4.78 is 5.35. The summed E-state index contributed by atoms with van der Waals surface area (Å²) in [7, 11) is 2.06. The molecular formula is C12H18N4O. The Hall–Kier alpha value is -1.62. The van der Waals surface area contributed by atoms with Gasteiger partial charge in [0, 0.05) is 38.2 Å². The number of nitrogens with zero attached hydrogens (tertiary/aromatic N) is 2. The van der Waals surface area contributed by atoms with Crippen molar-refractivity contribution in [3.63, 3.8) is 0 Å². The maximum Gasteiger partial charge on any atom is 0.141 e. The average molecular weight is 234 g/mol. The lowest BCUT2D eigenvalue weighted by Gasteiger charge is -2.33. The highest BCUT2D eigenvalue weighted by Crippen LogP contribution is 2.21. The Morgan fingerprint density at radius 1 is 1.53 bits per heavy atom. The van der Waals surface area contributed by atoms with Crippen molar-refractivity contribution in [2.24, 2.45) is 5.73 Å². The SMILES string of the molecule is CN(c1ccnc(C(=N)N)c1)C1CCOCC1. The molecule has 3 N–H and O–H groups in total. The molecule has 0 unspecified atom stereocenters. The predicted molar refractivity (Wildman–Crippen MR) is 67.5 cm³/mol. The van der Waals surface area contributed by atoms with Crippen LogP contribution in [-0.4, -0.2) is 37.1 Å². The molecule has 5 nitrogen and oxygen atoms in total. The minimum absolute atomic E-state index is 0.00669. The molecule has 1 aromatic rings. The van der Waals surface area contributed by atoms with E-state index < -0.39 is 0 Å². The van der Waals surface area contributed by atoms with Gasteiger partial charge in [-0.1, -0.05) is 0 Å². The predicted octanol–water partition coefficient (Wildman–Crippen LogP) is 0.981. The smallest absolute Gasteiger partial charge is 0.141 e. The van der Waals surface area contributed by atoms with E-state index in [0.29, 0.717) is 11.7 Å². The molecule has 1 aliphatic rings. The van der Waals surface area contributed by atoms with Crippen molar-refractivity contribution in [2.45, 2.75) is 18.9 Å². The van der Waals surface area contributed by atoms with E-state index in [1.807, 2.05) is 12.1 Å². The van der Waals surface area contributed by atoms with E-state index in [-0.39, 0.29) is 5.84 Å². The summed E-state index contributed by atoms with van der Waals surface area (Å²) in [5, 5.41) is 7.39. The summed E-state index contributed by atoms with van der Waals surface area (Å²) in [6.07, 6.45) is 3.77. The van der Waals surface area contributed by atoms with Crippen molar-refractivity contribution >= 4 is 11.5 Å². The number of nitrogen functional groups attached to an aromatic ring is 1. The summed E-state index contributed by atoms with van der Waals surface area (Å²) in [5.41, 5.74) is 7.03. The third-order valence-corrected chi connectivity index (χ3v) is 3.17. The second-order valence-electron chi connectivity index (χ2n) is 4.27. The molecule has 0 amide bonds. The van der Waals surface area contributed by atoms with Crippen molar-refractivity contribution in [1.82, 2.24) is 4.98 Å². The summed E-state index contributed by atoms with van der Waals surface area (Å²) >= 11 is 0. The number of pyridine rings is 1. The molecular weight excluding hydrogens is 216 g/mol. The highest BCUT2D eigenvalue weighted by atomic mass is 16.5. The van der Waals surface area contributed by atoms with Crippen LogP contribution >= 0.6 is 0 Å². The number of hydrogen-bond acceptors (Lipinski definition) is 4. The first-order valence-corrected chi connectivity index (χ1v) is 5.79. The normalized spacial score (nSPS) is 16.8. The molecule has 2 heterocycles. The Kier molecular flexibility index (Phi) is 3.58. The molecule has 92 valence electrons. The van der Waals surface area contributed by atoms with Gasteiger partial charge in [0.1, 0.15) is 11.5 Å². The fourth-order valence-corrected chi connectivity index (χ4v) is 2.07. The van der Waals surface area contributed by atoms with Crippen LogP contribution in [0.5, 0.6) is 0 Å². The zero-order valence-electron chi connectivity index (χ0n) is 10.0. The molecule has 0 saturated carbocycles. The molecule has 1 saturated heterocycles. The number of anilines is 1. The third-order valence-electron chi connectivity index (χ3n) is 3.17. The van der Waals surface area contributed by atoms with Crippen LogP contribution in [0.4, 0.5) is 5.69 Å². The lowest BCUT2D eigenvalue weighted by atomic mass is 10.1. The molecule has 1 fully saturated rings. The van der Waals surface area contributed by atoms with Crippen LogP contribution in [0, 0.1) is 5.41 Å². The molecule has 0 aromatic carbocycles. The van der Waals surface area contributed by atoms with Gasteiger partial charge in [-0.2, -0.15) is 0 Å². The lowest BCUT2D eigenvalue weighted by Crippen LogP contribution is -2.36. The van der Waals surface area contributed by atoms with Crippen LogP contribution in [0.3, 0.4) is 0 Å². The Labute approximate surface area is 101 Å². The highest BCUT2D eigenvalue weighted by molar-refractivity contribution is 5.93. The zero-order chi connectivity index (χ0) is 12.3. The minimum atomic E-state index is 0.00669. The van der Waals surface area contributed by atoms with E-state index in [0.717, 1.165) is 31.7 Å². The quantitative estimate of drug-likeness (QED) is 0.604. The van der Waals surface area contributed by atoms with Crippen LogP contribution in [0.25, 0.3) is 0 Å². The number of hydrogen-bond donors (Lipinski definition) is 2. The third kappa shape index (κ3) is 2.74. The van der Waals surface area contributed by atoms with Gasteiger partial charge < -0.3 is 15.4 Å². The van der Waals surface area contributed by atoms with Crippen molar-refractivity contribution < 1.29 is 4.74 Å². The van der Waals surface area contributed by atoms with Crippen LogP contribution in [-0.2, 0) is 4.74 Å². The van der Waals surface area contributed by atoms with Gasteiger partial charge in [0.15, 0.2) is 0 Å². The lowest BCUT2D eigenvalue weighted by molar-refractivity contribution is 0.0855. The molecule has 17 heavy (non-hydrogen) atoms. The molecule has 0 aliphatic carbocycles. The van der Waals surface area contributed by atoms with Crippen LogP contribution in [0.15, 0.2) is 18.3 Å². The largest absolute Gasteiger partial charge is 0.382 e. The standard InChI is InChI=1S/C12H18N4O/c1-16(9-3-6-17-7-4-9)10-2-5-15-11(8-10)12(13)14/h2,5,8-9H,3-4,6-7H2,1H3,(H3,13,14). The number of amidine groups is 1. The number of rotatable bonds is 3. The summed E-state index contributed by atoms with van der Waals surface area (Å²) in [6, 6.07) is 4.30. The van der Waals surface area contributed by atoms with E-state index in [4.69, 9.17) is 15.9 Å². The molecule has 2 rings (SSSR count). The molecule has 5 heteroatoms. The van der Waals surface area contributed by atoms with Crippen LogP contribution < -0.4 is 10.6 Å². The first kappa shape index (κ1) is 11.9. The van der Waals surface area contributed by atoms with Gasteiger partial charge >= 0.3 is 0 Å². The highest BCUT2D eigenvalue weighted by Gasteiger charge is 2.19. The Bertz CT molecular complexity index is 401. The fourth-order valence-electron chi connectivity index (χ4n) is 2.07. The number of nitrogens with two attached hydrogens (primary N) is 1. The Morgan fingerprint density at radius 3 is 2.88 bits per heavy atom. The first-order valence-electron chi connectivity index (χ1n) is 5.79. The van der Waals surface area contributed by atoms with Gasteiger partial charge in [0.05, 0.1) is 0 Å². The van der Waals surface area contributed by atoms with E-state index in [1.165, 1.54) is 0 Å².